The van der Waals surface area contributed by atoms with Gasteiger partial charge in [-0.15, -0.1) is 0 Å². The predicted octanol–water partition coefficient (Wildman–Crippen LogP) is 2.23. The van der Waals surface area contributed by atoms with E-state index in [1.807, 2.05) is 19.1 Å². The molecule has 0 spiro atoms. The van der Waals surface area contributed by atoms with Crippen LogP contribution in [0.5, 0.6) is 0 Å². The van der Waals surface area contributed by atoms with E-state index < -0.39 is 0 Å². The molecule has 1 N–H and O–H groups in total. The second kappa shape index (κ2) is 4.21. The Labute approximate surface area is 144 Å². The van der Waals surface area contributed by atoms with Crippen LogP contribution in [0.2, 0.25) is 0 Å². The van der Waals surface area contributed by atoms with Crippen molar-refractivity contribution in [1.29, 1.82) is 0 Å². The molecule has 2 unspecified atom stereocenters. The van der Waals surface area contributed by atoms with E-state index in [2.05, 4.69) is 4.98 Å². The second-order valence-corrected chi connectivity index (χ2v) is 8.24. The lowest BCUT2D eigenvalue weighted by Crippen LogP contribution is -2.33. The van der Waals surface area contributed by atoms with Crippen molar-refractivity contribution in [2.45, 2.75) is 19.8 Å². The Balaban J connectivity index is 1.46. The minimum atomic E-state index is -0.170. The first-order valence-corrected chi connectivity index (χ1v) is 9.06. The first kappa shape index (κ1) is 13.8. The fourth-order valence-electron chi connectivity index (χ4n) is 6.14. The third-order valence-corrected chi connectivity index (χ3v) is 7.15. The van der Waals surface area contributed by atoms with Crippen LogP contribution in [0, 0.1) is 42.4 Å². The summed E-state index contributed by atoms with van der Waals surface area (Å²) in [5.41, 5.74) is 1.98. The molecule has 3 aliphatic carbocycles. The summed E-state index contributed by atoms with van der Waals surface area (Å²) < 4.78 is 0. The number of H-pyrrole nitrogens is 1. The van der Waals surface area contributed by atoms with E-state index in [1.54, 1.807) is 12.1 Å². The zero-order valence-electron chi connectivity index (χ0n) is 13.9. The van der Waals surface area contributed by atoms with E-state index in [4.69, 9.17) is 0 Å². The number of benzene rings is 1. The van der Waals surface area contributed by atoms with E-state index >= 15 is 0 Å². The maximum Gasteiger partial charge on any atom is 0.248 e. The van der Waals surface area contributed by atoms with Crippen LogP contribution in [0.1, 0.15) is 18.4 Å². The van der Waals surface area contributed by atoms with Gasteiger partial charge in [-0.2, -0.15) is 0 Å². The first-order chi connectivity index (χ1) is 12.0. The fourth-order valence-corrected chi connectivity index (χ4v) is 6.14. The number of nitrogens with one attached hydrogen (secondary N) is 1. The van der Waals surface area contributed by atoms with Gasteiger partial charge in [-0.25, -0.2) is 4.90 Å². The molecule has 1 saturated heterocycles. The molecule has 0 radical (unpaired) electrons. The molecular formula is C20H18N2O3. The summed E-state index contributed by atoms with van der Waals surface area (Å²) in [6.07, 6.45) is 2.29. The van der Waals surface area contributed by atoms with Crippen molar-refractivity contribution in [2.75, 3.05) is 4.90 Å². The summed E-state index contributed by atoms with van der Waals surface area (Å²) in [7, 11) is 0. The lowest BCUT2D eigenvalue weighted by atomic mass is 9.81. The zero-order valence-corrected chi connectivity index (χ0v) is 13.9. The maximum atomic E-state index is 13.1. The van der Waals surface area contributed by atoms with E-state index in [0.717, 1.165) is 17.4 Å². The van der Waals surface area contributed by atoms with Gasteiger partial charge in [0.2, 0.25) is 17.4 Å². The first-order valence-electron chi connectivity index (χ1n) is 9.06. The van der Waals surface area contributed by atoms with Gasteiger partial charge in [0.05, 0.1) is 23.0 Å². The topological polar surface area (TPSA) is 70.2 Å². The van der Waals surface area contributed by atoms with Gasteiger partial charge in [0, 0.05) is 11.5 Å². The predicted molar refractivity (Wildman–Crippen MR) is 92.0 cm³/mol. The molecule has 2 heterocycles. The molecule has 4 fully saturated rings. The number of carbonyl (C=O) groups excluding carboxylic acids is 2. The van der Waals surface area contributed by atoms with Gasteiger partial charge in [-0.05, 0) is 61.1 Å². The largest absolute Gasteiger partial charge is 0.322 e. The number of carbonyl (C=O) groups is 2. The lowest BCUT2D eigenvalue weighted by Gasteiger charge is -2.18. The summed E-state index contributed by atoms with van der Waals surface area (Å²) in [6, 6.07) is 7.04. The van der Waals surface area contributed by atoms with E-state index in [-0.39, 0.29) is 29.2 Å². The van der Waals surface area contributed by atoms with E-state index in [9.17, 15) is 14.4 Å². The second-order valence-electron chi connectivity index (χ2n) is 8.24. The normalized spacial score (nSPS) is 37.7. The Morgan fingerprint density at radius 3 is 2.24 bits per heavy atom. The summed E-state index contributed by atoms with van der Waals surface area (Å²) in [5, 5.41) is 0.934. The maximum absolute atomic E-state index is 13.1. The molecule has 6 rings (SSSR count). The monoisotopic (exact) mass is 334 g/mol. The van der Waals surface area contributed by atoms with Crippen molar-refractivity contribution >= 4 is 28.4 Å². The fraction of sp³-hybridized carbons (Fsp3) is 0.450. The van der Waals surface area contributed by atoms with Gasteiger partial charge in [0.1, 0.15) is 0 Å². The van der Waals surface area contributed by atoms with E-state index in [0.29, 0.717) is 34.9 Å². The molecule has 25 heavy (non-hydrogen) atoms. The highest BCUT2D eigenvalue weighted by molar-refractivity contribution is 6.23. The number of rotatable bonds is 1. The quantitative estimate of drug-likeness (QED) is 0.813. The van der Waals surface area contributed by atoms with Crippen LogP contribution in [-0.2, 0) is 9.59 Å². The highest BCUT2D eigenvalue weighted by atomic mass is 16.2. The smallest absolute Gasteiger partial charge is 0.248 e. The highest BCUT2D eigenvalue weighted by Crippen LogP contribution is 2.71. The molecule has 4 aliphatic rings. The average molecular weight is 334 g/mol. The Hall–Kier alpha value is -2.43. The summed E-state index contributed by atoms with van der Waals surface area (Å²) in [5.74, 6) is 1.97. The number of pyridine rings is 1. The van der Waals surface area contributed by atoms with Crippen LogP contribution in [0.4, 0.5) is 5.69 Å². The van der Waals surface area contributed by atoms with Crippen molar-refractivity contribution in [1.82, 2.24) is 4.98 Å². The Kier molecular flexibility index (Phi) is 2.33. The molecule has 6 atom stereocenters. The molecule has 1 aliphatic heterocycles. The standard InChI is InChI=1S/C20H18N2O3/c1-8-4-16(23)21-15-5-9(2-3-10(8)15)22-19(24)17-13-7-14(12-6-11(12)13)18(17)20(22)25/h2-5,11-14,17-18H,6-7H2,1H3,(H,21,23)/t11-,12+,13-,14+,17?,18?. The van der Waals surface area contributed by atoms with Crippen LogP contribution in [0.15, 0.2) is 29.1 Å². The van der Waals surface area contributed by atoms with Gasteiger partial charge in [0.15, 0.2) is 0 Å². The molecule has 1 aromatic heterocycles. The molecular weight excluding hydrogens is 316 g/mol. The number of aryl methyl sites for hydroxylation is 1. The van der Waals surface area contributed by atoms with Crippen molar-refractivity contribution in [2.24, 2.45) is 35.5 Å². The Bertz CT molecular complexity index is 1010. The van der Waals surface area contributed by atoms with Crippen molar-refractivity contribution < 1.29 is 9.59 Å². The number of aromatic nitrogens is 1. The molecule has 126 valence electrons. The van der Waals surface area contributed by atoms with Crippen LogP contribution < -0.4 is 10.5 Å². The number of hydrogen-bond donors (Lipinski definition) is 1. The summed E-state index contributed by atoms with van der Waals surface area (Å²) >= 11 is 0. The average Bonchev–Trinajstić information content (AvgIpc) is 3.08. The van der Waals surface area contributed by atoms with Crippen LogP contribution >= 0.6 is 0 Å². The lowest BCUT2D eigenvalue weighted by molar-refractivity contribution is -0.123. The number of anilines is 1. The van der Waals surface area contributed by atoms with Crippen LogP contribution in [-0.4, -0.2) is 16.8 Å². The number of hydrogen-bond acceptors (Lipinski definition) is 3. The zero-order chi connectivity index (χ0) is 17.0. The van der Waals surface area contributed by atoms with Gasteiger partial charge in [0.25, 0.3) is 0 Å². The number of aromatic amines is 1. The number of fused-ring (bicyclic) bond motifs is 9. The minimum absolute atomic E-state index is 0.0257. The van der Waals surface area contributed by atoms with Gasteiger partial charge >= 0.3 is 0 Å². The number of amides is 2. The molecule has 2 amide bonds. The molecule has 2 aromatic rings. The van der Waals surface area contributed by atoms with Crippen LogP contribution in [0.25, 0.3) is 10.9 Å². The minimum Gasteiger partial charge on any atom is -0.322 e. The third kappa shape index (κ3) is 1.57. The van der Waals surface area contributed by atoms with Crippen molar-refractivity contribution in [3.05, 3.63) is 40.2 Å². The molecule has 3 saturated carbocycles. The number of imide groups is 1. The summed E-state index contributed by atoms with van der Waals surface area (Å²) in [6.45, 7) is 1.89. The molecule has 2 bridgehead atoms. The Morgan fingerprint density at radius 2 is 1.56 bits per heavy atom. The van der Waals surface area contributed by atoms with E-state index in [1.165, 1.54) is 11.3 Å². The molecule has 5 heteroatoms. The summed E-state index contributed by atoms with van der Waals surface area (Å²) in [4.78, 5) is 42.1. The highest BCUT2D eigenvalue weighted by Gasteiger charge is 2.71. The Morgan fingerprint density at radius 1 is 0.920 bits per heavy atom. The van der Waals surface area contributed by atoms with Crippen molar-refractivity contribution in [3.8, 4) is 0 Å². The van der Waals surface area contributed by atoms with Crippen LogP contribution in [0.3, 0.4) is 0 Å². The van der Waals surface area contributed by atoms with Crippen molar-refractivity contribution in [3.63, 3.8) is 0 Å². The SMILES string of the molecule is Cc1cc(=O)[nH]c2cc(N3C(=O)C4C(C3=O)[C@@H]3C[C@H]4[C@H]4C[C@H]43)ccc12. The third-order valence-electron chi connectivity index (χ3n) is 7.15. The molecule has 1 aromatic carbocycles. The van der Waals surface area contributed by atoms with Gasteiger partial charge in [-0.1, -0.05) is 6.07 Å². The van der Waals surface area contributed by atoms with Gasteiger partial charge < -0.3 is 4.98 Å². The van der Waals surface area contributed by atoms with Gasteiger partial charge in [-0.3, -0.25) is 14.4 Å². The molecule has 5 nitrogen and oxygen atoms in total. The number of nitrogens with zero attached hydrogens (tertiary/aromatic N) is 1.